The monoisotopic (exact) mass is 464 g/mol. The van der Waals surface area contributed by atoms with E-state index in [1.54, 1.807) is 6.07 Å². The van der Waals surface area contributed by atoms with Gasteiger partial charge in [0, 0.05) is 15.1 Å². The van der Waals surface area contributed by atoms with E-state index in [1.807, 2.05) is 0 Å². The summed E-state index contributed by atoms with van der Waals surface area (Å²) in [6, 6.07) is 7.05. The molecule has 6 nitrogen and oxygen atoms in total. The number of hydrogen-bond acceptors (Lipinski definition) is 5. The molecule has 0 radical (unpaired) electrons. The van der Waals surface area contributed by atoms with Crippen LogP contribution in [0.25, 0.3) is 10.1 Å². The van der Waals surface area contributed by atoms with E-state index in [0.29, 0.717) is 20.1 Å². The lowest BCUT2D eigenvalue weighted by Gasteiger charge is -2.11. The minimum atomic E-state index is -3.95. The molecule has 27 heavy (non-hydrogen) atoms. The first-order valence-corrected chi connectivity index (χ1v) is 10.7. The highest BCUT2D eigenvalue weighted by atomic mass is 35.5. The van der Waals surface area contributed by atoms with Gasteiger partial charge in [0.25, 0.3) is 5.91 Å². The molecule has 1 amide bonds. The number of nitrogens with two attached hydrogens (primary N) is 1. The Morgan fingerprint density at radius 3 is 2.52 bits per heavy atom. The Morgan fingerprint density at radius 1 is 1.19 bits per heavy atom. The van der Waals surface area contributed by atoms with E-state index in [0.717, 1.165) is 11.3 Å². The lowest BCUT2D eigenvalue weighted by Crippen LogP contribution is -2.15. The molecule has 1 heterocycles. The van der Waals surface area contributed by atoms with Gasteiger partial charge in [-0.3, -0.25) is 4.79 Å². The predicted molar refractivity (Wildman–Crippen MR) is 109 cm³/mol. The van der Waals surface area contributed by atoms with Crippen LogP contribution in [0, 0.1) is 0 Å². The summed E-state index contributed by atoms with van der Waals surface area (Å²) in [5, 5.41) is 9.17. The summed E-state index contributed by atoms with van der Waals surface area (Å²) in [6.45, 7) is 0. The Kier molecular flexibility index (Phi) is 5.58. The highest BCUT2D eigenvalue weighted by molar-refractivity contribution is 7.89. The number of halogens is 3. The standard InChI is InChI=1S/C16H11Cl3N2O4S2/c1-25-11-3-2-8(27(20,23)24)6-10(11)21-16(22)15-14(19)13-9(18)4-7(17)5-12(13)26-15/h2-6H,1H3,(H,21,22)(H2,20,23,24). The summed E-state index contributed by atoms with van der Waals surface area (Å²) in [5.41, 5.74) is 0.131. The Hall–Kier alpha value is -1.55. The van der Waals surface area contributed by atoms with Gasteiger partial charge >= 0.3 is 0 Å². The number of nitrogens with one attached hydrogen (secondary N) is 1. The van der Waals surface area contributed by atoms with Crippen molar-refractivity contribution in [2.75, 3.05) is 12.4 Å². The quantitative estimate of drug-likeness (QED) is 0.580. The number of thiophene rings is 1. The van der Waals surface area contributed by atoms with Crippen LogP contribution in [0.5, 0.6) is 5.75 Å². The first kappa shape index (κ1) is 20.2. The predicted octanol–water partition coefficient (Wildman–Crippen LogP) is 4.77. The molecule has 0 aliphatic carbocycles. The van der Waals surface area contributed by atoms with Crippen molar-refractivity contribution in [2.24, 2.45) is 5.14 Å². The van der Waals surface area contributed by atoms with E-state index in [4.69, 9.17) is 44.7 Å². The molecule has 2 aromatic carbocycles. The summed E-state index contributed by atoms with van der Waals surface area (Å²) in [4.78, 5) is 12.8. The van der Waals surface area contributed by atoms with E-state index < -0.39 is 15.9 Å². The van der Waals surface area contributed by atoms with Crippen LogP contribution < -0.4 is 15.2 Å². The highest BCUT2D eigenvalue weighted by Crippen LogP contribution is 2.41. The second kappa shape index (κ2) is 7.46. The van der Waals surface area contributed by atoms with E-state index in [-0.39, 0.29) is 26.2 Å². The third kappa shape index (κ3) is 4.01. The third-order valence-corrected chi connectivity index (χ3v) is 6.66. The molecule has 0 aliphatic rings. The number of carbonyl (C=O) groups excluding carboxylic acids is 1. The maximum absolute atomic E-state index is 12.7. The largest absolute Gasteiger partial charge is 0.495 e. The number of amides is 1. The minimum absolute atomic E-state index is 0.131. The summed E-state index contributed by atoms with van der Waals surface area (Å²) >= 11 is 19.6. The summed E-state index contributed by atoms with van der Waals surface area (Å²) in [7, 11) is -2.57. The van der Waals surface area contributed by atoms with Gasteiger partial charge in [0.15, 0.2) is 0 Å². The normalized spacial score (nSPS) is 11.6. The SMILES string of the molecule is COc1ccc(S(N)(=O)=O)cc1NC(=O)c1sc2cc(Cl)cc(Cl)c2c1Cl. The van der Waals surface area contributed by atoms with Crippen LogP contribution >= 0.6 is 46.1 Å². The van der Waals surface area contributed by atoms with Crippen LogP contribution in [-0.2, 0) is 10.0 Å². The molecule has 0 aliphatic heterocycles. The van der Waals surface area contributed by atoms with Crippen molar-refractivity contribution >= 4 is 77.8 Å². The van der Waals surface area contributed by atoms with Crippen LogP contribution in [0.4, 0.5) is 5.69 Å². The number of sulfonamides is 1. The van der Waals surface area contributed by atoms with Crippen molar-refractivity contribution in [3.8, 4) is 5.75 Å². The molecule has 142 valence electrons. The van der Waals surface area contributed by atoms with Crippen molar-refractivity contribution in [1.82, 2.24) is 0 Å². The first-order chi connectivity index (χ1) is 12.6. The van der Waals surface area contributed by atoms with Gasteiger partial charge in [-0.25, -0.2) is 13.6 Å². The number of hydrogen-bond donors (Lipinski definition) is 2. The Labute approximate surface area is 173 Å². The van der Waals surface area contributed by atoms with Gasteiger partial charge in [-0.2, -0.15) is 0 Å². The van der Waals surface area contributed by atoms with Crippen LogP contribution in [0.15, 0.2) is 35.2 Å². The smallest absolute Gasteiger partial charge is 0.267 e. The zero-order valence-electron chi connectivity index (χ0n) is 13.5. The Balaban J connectivity index is 2.05. The number of fused-ring (bicyclic) bond motifs is 1. The minimum Gasteiger partial charge on any atom is -0.495 e. The van der Waals surface area contributed by atoms with Crippen LogP contribution in [-0.4, -0.2) is 21.4 Å². The molecular weight excluding hydrogens is 455 g/mol. The summed E-state index contributed by atoms with van der Waals surface area (Å²) in [5.74, 6) is -0.299. The third-order valence-electron chi connectivity index (χ3n) is 3.60. The van der Waals surface area contributed by atoms with Crippen LogP contribution in [0.3, 0.4) is 0 Å². The van der Waals surface area contributed by atoms with Gasteiger partial charge in [0.2, 0.25) is 10.0 Å². The molecule has 3 N–H and O–H groups in total. The van der Waals surface area contributed by atoms with Crippen molar-refractivity contribution in [3.05, 3.63) is 50.3 Å². The molecule has 0 unspecified atom stereocenters. The van der Waals surface area contributed by atoms with E-state index in [9.17, 15) is 13.2 Å². The van der Waals surface area contributed by atoms with E-state index in [2.05, 4.69) is 5.32 Å². The van der Waals surface area contributed by atoms with Crippen LogP contribution in [0.2, 0.25) is 15.1 Å². The van der Waals surface area contributed by atoms with E-state index in [1.165, 1.54) is 31.4 Å². The molecule has 1 aromatic heterocycles. The van der Waals surface area contributed by atoms with Crippen molar-refractivity contribution in [1.29, 1.82) is 0 Å². The Bertz CT molecular complexity index is 1180. The van der Waals surface area contributed by atoms with Crippen molar-refractivity contribution in [2.45, 2.75) is 4.90 Å². The lowest BCUT2D eigenvalue weighted by atomic mass is 10.2. The number of rotatable bonds is 4. The number of carbonyl (C=O) groups is 1. The molecule has 0 saturated heterocycles. The van der Waals surface area contributed by atoms with Gasteiger partial charge in [0.1, 0.15) is 10.6 Å². The number of benzene rings is 2. The molecule has 0 spiro atoms. The van der Waals surface area contributed by atoms with Crippen molar-refractivity contribution < 1.29 is 17.9 Å². The first-order valence-electron chi connectivity index (χ1n) is 7.21. The number of anilines is 1. The molecule has 0 atom stereocenters. The molecule has 0 fully saturated rings. The zero-order valence-corrected chi connectivity index (χ0v) is 17.4. The van der Waals surface area contributed by atoms with Gasteiger partial charge in [-0.15, -0.1) is 11.3 Å². The zero-order chi connectivity index (χ0) is 19.9. The lowest BCUT2D eigenvalue weighted by molar-refractivity contribution is 0.103. The Morgan fingerprint density at radius 2 is 1.89 bits per heavy atom. The fourth-order valence-corrected chi connectivity index (χ4v) is 5.21. The molecule has 0 bridgehead atoms. The topological polar surface area (TPSA) is 98.5 Å². The maximum Gasteiger partial charge on any atom is 0.267 e. The number of ether oxygens (including phenoxy) is 1. The average molecular weight is 466 g/mol. The van der Waals surface area contributed by atoms with E-state index >= 15 is 0 Å². The molecular formula is C16H11Cl3N2O4S2. The second-order valence-electron chi connectivity index (χ2n) is 5.37. The van der Waals surface area contributed by atoms with Gasteiger partial charge in [-0.1, -0.05) is 34.8 Å². The number of methoxy groups -OCH3 is 1. The maximum atomic E-state index is 12.7. The average Bonchev–Trinajstić information content (AvgIpc) is 2.90. The van der Waals surface area contributed by atoms with Crippen LogP contribution in [0.1, 0.15) is 9.67 Å². The fraction of sp³-hybridized carbons (Fsp3) is 0.0625. The summed E-state index contributed by atoms with van der Waals surface area (Å²) in [6.07, 6.45) is 0. The molecule has 3 aromatic rings. The van der Waals surface area contributed by atoms with Gasteiger partial charge in [0.05, 0.1) is 27.7 Å². The highest BCUT2D eigenvalue weighted by Gasteiger charge is 2.21. The van der Waals surface area contributed by atoms with Gasteiger partial charge in [-0.05, 0) is 30.3 Å². The second-order valence-corrected chi connectivity index (χ2v) is 9.20. The number of primary sulfonamides is 1. The molecule has 0 saturated carbocycles. The van der Waals surface area contributed by atoms with Crippen molar-refractivity contribution in [3.63, 3.8) is 0 Å². The molecule has 11 heteroatoms. The molecule has 3 rings (SSSR count). The fourth-order valence-electron chi connectivity index (χ4n) is 2.40. The van der Waals surface area contributed by atoms with Gasteiger partial charge < -0.3 is 10.1 Å². The summed E-state index contributed by atoms with van der Waals surface area (Å²) < 4.78 is 28.9.